The second-order valence-corrected chi connectivity index (χ2v) is 9.66. The summed E-state index contributed by atoms with van der Waals surface area (Å²) in [5.74, 6) is 0.200. The van der Waals surface area contributed by atoms with Gasteiger partial charge in [-0.3, -0.25) is 9.69 Å². The Kier molecular flexibility index (Phi) is 15.8. The van der Waals surface area contributed by atoms with Crippen molar-refractivity contribution in [2.75, 3.05) is 6.54 Å². The molecule has 0 aliphatic heterocycles. The molecule has 2 aromatic rings. The number of allylic oxidation sites excluding steroid dienone is 1. The van der Waals surface area contributed by atoms with Gasteiger partial charge >= 0.3 is 0 Å². The summed E-state index contributed by atoms with van der Waals surface area (Å²) in [6.45, 7) is 4.31. The molecular formula is C32H47NO. The minimum atomic E-state index is 0.200. The third-order valence-electron chi connectivity index (χ3n) is 6.41. The highest BCUT2D eigenvalue weighted by molar-refractivity contribution is 5.91. The Morgan fingerprint density at radius 1 is 0.647 bits per heavy atom. The van der Waals surface area contributed by atoms with Crippen molar-refractivity contribution >= 4 is 5.78 Å². The summed E-state index contributed by atoms with van der Waals surface area (Å²) < 4.78 is 0. The molecule has 0 N–H and O–H groups in total. The average molecular weight is 462 g/mol. The second kappa shape index (κ2) is 19.2. The first-order valence-electron chi connectivity index (χ1n) is 13.8. The molecule has 0 atom stereocenters. The number of hydrogen-bond acceptors (Lipinski definition) is 2. The van der Waals surface area contributed by atoms with Gasteiger partial charge in [-0.05, 0) is 30.0 Å². The molecule has 0 amide bonds. The van der Waals surface area contributed by atoms with E-state index in [0.29, 0.717) is 6.54 Å². The fraction of sp³-hybridized carbons (Fsp3) is 0.531. The number of nitrogens with zero attached hydrogens (tertiary/aromatic N) is 1. The normalized spacial score (nSPS) is 11.5. The molecule has 0 heterocycles. The van der Waals surface area contributed by atoms with Crippen LogP contribution in [0.5, 0.6) is 0 Å². The Morgan fingerprint density at radius 2 is 1.09 bits per heavy atom. The number of rotatable bonds is 20. The van der Waals surface area contributed by atoms with Crippen molar-refractivity contribution in [1.82, 2.24) is 4.90 Å². The summed E-state index contributed by atoms with van der Waals surface area (Å²) in [6, 6.07) is 20.8. The van der Waals surface area contributed by atoms with Crippen LogP contribution in [0.2, 0.25) is 0 Å². The molecule has 186 valence electrons. The van der Waals surface area contributed by atoms with E-state index in [-0.39, 0.29) is 5.78 Å². The summed E-state index contributed by atoms with van der Waals surface area (Å²) >= 11 is 0. The number of carbonyl (C=O) groups is 1. The lowest BCUT2D eigenvalue weighted by Crippen LogP contribution is -2.28. The topological polar surface area (TPSA) is 20.3 Å². The van der Waals surface area contributed by atoms with Crippen LogP contribution in [0.25, 0.3) is 0 Å². The lowest BCUT2D eigenvalue weighted by Gasteiger charge is -2.21. The number of unbranched alkanes of at least 4 members (excludes halogenated alkanes) is 12. The molecular weight excluding hydrogens is 414 g/mol. The molecule has 0 saturated carbocycles. The van der Waals surface area contributed by atoms with Gasteiger partial charge in [-0.25, -0.2) is 0 Å². The Labute approximate surface area is 209 Å². The third-order valence-corrected chi connectivity index (χ3v) is 6.41. The van der Waals surface area contributed by atoms with Gasteiger partial charge < -0.3 is 0 Å². The van der Waals surface area contributed by atoms with Gasteiger partial charge in [-0.2, -0.15) is 0 Å². The smallest absolute Gasteiger partial charge is 0.169 e. The van der Waals surface area contributed by atoms with E-state index in [2.05, 4.69) is 66.4 Å². The molecule has 0 spiro atoms. The molecule has 34 heavy (non-hydrogen) atoms. The van der Waals surface area contributed by atoms with E-state index in [4.69, 9.17) is 0 Å². The van der Waals surface area contributed by atoms with Crippen molar-refractivity contribution in [1.29, 1.82) is 0 Å². The number of carbonyl (C=O) groups excluding carboxylic acids is 1. The van der Waals surface area contributed by atoms with Gasteiger partial charge in [0.2, 0.25) is 0 Å². The van der Waals surface area contributed by atoms with Crippen molar-refractivity contribution in [3.63, 3.8) is 0 Å². The standard InChI is InChI=1S/C32H47NO/c1-2-3-4-5-6-7-8-9-10-11-12-13-14-21-26-32(34)29-33(27-30-22-17-15-18-23-30)28-31-24-19-16-20-25-31/h15-26H,2-14,27-29H2,1H3/b26-21-. The maximum Gasteiger partial charge on any atom is 0.169 e. The second-order valence-electron chi connectivity index (χ2n) is 9.66. The lowest BCUT2D eigenvalue weighted by molar-refractivity contribution is -0.116. The van der Waals surface area contributed by atoms with E-state index in [1.54, 1.807) is 0 Å². The maximum atomic E-state index is 12.6. The van der Waals surface area contributed by atoms with Crippen LogP contribution in [-0.4, -0.2) is 17.2 Å². The van der Waals surface area contributed by atoms with Gasteiger partial charge in [0.25, 0.3) is 0 Å². The Balaban J connectivity index is 1.59. The first-order valence-corrected chi connectivity index (χ1v) is 13.8. The van der Waals surface area contributed by atoms with Crippen LogP contribution in [0.15, 0.2) is 72.8 Å². The van der Waals surface area contributed by atoms with E-state index in [1.165, 1.54) is 88.2 Å². The van der Waals surface area contributed by atoms with Crippen molar-refractivity contribution < 1.29 is 4.79 Å². The summed E-state index contributed by atoms with van der Waals surface area (Å²) in [5.41, 5.74) is 2.48. The molecule has 2 nitrogen and oxygen atoms in total. The van der Waals surface area contributed by atoms with E-state index in [1.807, 2.05) is 18.2 Å². The van der Waals surface area contributed by atoms with Crippen molar-refractivity contribution in [3.8, 4) is 0 Å². The highest BCUT2D eigenvalue weighted by Crippen LogP contribution is 2.13. The van der Waals surface area contributed by atoms with Crippen LogP contribution in [0, 0.1) is 0 Å². The predicted molar refractivity (Wildman–Crippen MR) is 147 cm³/mol. The van der Waals surface area contributed by atoms with Gasteiger partial charge in [0, 0.05) is 13.1 Å². The summed E-state index contributed by atoms with van der Waals surface area (Å²) in [5, 5.41) is 0. The fourth-order valence-electron chi connectivity index (χ4n) is 4.44. The number of ketones is 1. The maximum absolute atomic E-state index is 12.6. The monoisotopic (exact) mass is 461 g/mol. The van der Waals surface area contributed by atoms with Gasteiger partial charge in [-0.15, -0.1) is 0 Å². The van der Waals surface area contributed by atoms with Crippen molar-refractivity contribution in [3.05, 3.63) is 83.9 Å². The first kappa shape index (κ1) is 28.1. The van der Waals surface area contributed by atoms with Crippen molar-refractivity contribution in [2.45, 2.75) is 103 Å². The summed E-state index contributed by atoms with van der Waals surface area (Å²) in [4.78, 5) is 14.9. The minimum absolute atomic E-state index is 0.200. The molecule has 0 bridgehead atoms. The zero-order valence-electron chi connectivity index (χ0n) is 21.6. The lowest BCUT2D eigenvalue weighted by atomic mass is 10.0. The Hall–Kier alpha value is -2.19. The summed E-state index contributed by atoms with van der Waals surface area (Å²) in [7, 11) is 0. The van der Waals surface area contributed by atoms with E-state index in [9.17, 15) is 4.79 Å². The molecule has 0 saturated heterocycles. The highest BCUT2D eigenvalue weighted by atomic mass is 16.1. The number of benzene rings is 2. The van der Waals surface area contributed by atoms with E-state index < -0.39 is 0 Å². The van der Waals surface area contributed by atoms with Crippen LogP contribution < -0.4 is 0 Å². The molecule has 0 aliphatic carbocycles. The zero-order chi connectivity index (χ0) is 24.1. The first-order chi connectivity index (χ1) is 16.8. The van der Waals surface area contributed by atoms with Crippen LogP contribution >= 0.6 is 0 Å². The molecule has 2 rings (SSSR count). The number of hydrogen-bond donors (Lipinski definition) is 0. The third kappa shape index (κ3) is 14.2. The van der Waals surface area contributed by atoms with E-state index >= 15 is 0 Å². The fourth-order valence-corrected chi connectivity index (χ4v) is 4.44. The molecule has 2 heteroatoms. The summed E-state index contributed by atoms with van der Waals surface area (Å²) in [6.07, 6.45) is 21.3. The van der Waals surface area contributed by atoms with Crippen LogP contribution in [-0.2, 0) is 17.9 Å². The van der Waals surface area contributed by atoms with Gasteiger partial charge in [0.15, 0.2) is 5.78 Å². The Morgan fingerprint density at radius 3 is 1.56 bits per heavy atom. The SMILES string of the molecule is CCCCCCCCCCCCCC/C=C\C(=O)CN(Cc1ccccc1)Cc1ccccc1. The quantitative estimate of drug-likeness (QED) is 0.145. The molecule has 0 fully saturated rings. The van der Waals surface area contributed by atoms with Crippen molar-refractivity contribution in [2.24, 2.45) is 0 Å². The highest BCUT2D eigenvalue weighted by Gasteiger charge is 2.10. The molecule has 0 aliphatic rings. The van der Waals surface area contributed by atoms with Gasteiger partial charge in [-0.1, -0.05) is 144 Å². The average Bonchev–Trinajstić information content (AvgIpc) is 2.85. The van der Waals surface area contributed by atoms with Gasteiger partial charge in [0.05, 0.1) is 6.54 Å². The predicted octanol–water partition coefficient (Wildman–Crippen LogP) is 8.91. The van der Waals surface area contributed by atoms with Crippen LogP contribution in [0.1, 0.15) is 102 Å². The molecule has 2 aromatic carbocycles. The molecule has 0 aromatic heterocycles. The van der Waals surface area contributed by atoms with Crippen LogP contribution in [0.4, 0.5) is 0 Å². The molecule has 0 unspecified atom stereocenters. The van der Waals surface area contributed by atoms with Gasteiger partial charge in [0.1, 0.15) is 0 Å². The largest absolute Gasteiger partial charge is 0.293 e. The Bertz CT molecular complexity index is 727. The zero-order valence-corrected chi connectivity index (χ0v) is 21.6. The van der Waals surface area contributed by atoms with Crippen LogP contribution in [0.3, 0.4) is 0 Å². The molecule has 0 radical (unpaired) electrons. The van der Waals surface area contributed by atoms with E-state index in [0.717, 1.165) is 19.5 Å². The minimum Gasteiger partial charge on any atom is -0.293 e.